The summed E-state index contributed by atoms with van der Waals surface area (Å²) >= 11 is 0. The van der Waals surface area contributed by atoms with E-state index >= 15 is 0 Å². The van der Waals surface area contributed by atoms with Crippen LogP contribution in [0.25, 0.3) is 22.3 Å². The van der Waals surface area contributed by atoms with E-state index in [1.54, 1.807) is 24.0 Å². The summed E-state index contributed by atoms with van der Waals surface area (Å²) in [6, 6.07) is 11.8. The summed E-state index contributed by atoms with van der Waals surface area (Å²) in [5.41, 5.74) is 1.99. The zero-order valence-electron chi connectivity index (χ0n) is 18.1. The molecular formula is C23H25N5O3. The largest absolute Gasteiger partial charge is 0.425 e. The molecule has 0 aliphatic rings. The molecule has 0 bridgehead atoms. The van der Waals surface area contributed by atoms with E-state index in [1.165, 1.54) is 11.6 Å². The maximum absolute atomic E-state index is 12.9. The van der Waals surface area contributed by atoms with Gasteiger partial charge in [-0.05, 0) is 47.7 Å². The molecule has 0 aliphatic heterocycles. The highest BCUT2D eigenvalue weighted by Gasteiger charge is 2.20. The highest BCUT2D eigenvalue weighted by molar-refractivity contribution is 5.72. The standard InChI is InChI=1S/C23H25N5O3/c1-15(2)11-14-28-19-20(26(3)23(30)27(4)21(19)29)25-22(28)31-18-7-5-16(6-8-18)17-9-12-24-13-10-17/h5-10,12-13,15H,11,14H2,1-4H3. The van der Waals surface area contributed by atoms with Crippen molar-refractivity contribution in [2.24, 2.45) is 20.0 Å². The summed E-state index contributed by atoms with van der Waals surface area (Å²) in [5, 5.41) is 0. The molecule has 31 heavy (non-hydrogen) atoms. The number of ether oxygens (including phenoxy) is 1. The Kier molecular flexibility index (Phi) is 5.46. The van der Waals surface area contributed by atoms with Crippen molar-refractivity contribution in [3.8, 4) is 22.9 Å². The highest BCUT2D eigenvalue weighted by atomic mass is 16.5. The summed E-state index contributed by atoms with van der Waals surface area (Å²) in [6.45, 7) is 4.79. The molecule has 0 unspecified atom stereocenters. The molecule has 8 nitrogen and oxygen atoms in total. The fourth-order valence-electron chi connectivity index (χ4n) is 3.46. The first kappa shape index (κ1) is 20.6. The minimum atomic E-state index is -0.417. The van der Waals surface area contributed by atoms with E-state index < -0.39 is 5.69 Å². The summed E-state index contributed by atoms with van der Waals surface area (Å²) in [4.78, 5) is 33.8. The molecule has 4 rings (SSSR count). The van der Waals surface area contributed by atoms with Crippen LogP contribution in [-0.4, -0.2) is 23.7 Å². The average molecular weight is 419 g/mol. The first-order valence-corrected chi connectivity index (χ1v) is 10.2. The van der Waals surface area contributed by atoms with E-state index in [0.29, 0.717) is 35.4 Å². The maximum atomic E-state index is 12.9. The van der Waals surface area contributed by atoms with Gasteiger partial charge < -0.3 is 4.74 Å². The third kappa shape index (κ3) is 3.88. The molecular weight excluding hydrogens is 394 g/mol. The van der Waals surface area contributed by atoms with Gasteiger partial charge in [-0.3, -0.25) is 23.5 Å². The second-order valence-corrected chi connectivity index (χ2v) is 7.97. The Labute approximate surface area is 179 Å². The van der Waals surface area contributed by atoms with E-state index in [-0.39, 0.29) is 5.56 Å². The molecule has 0 atom stereocenters. The molecule has 0 aliphatic carbocycles. The Bertz CT molecular complexity index is 1330. The lowest BCUT2D eigenvalue weighted by molar-refractivity contribution is 0.401. The quantitative estimate of drug-likeness (QED) is 0.479. The topological polar surface area (TPSA) is 83.9 Å². The van der Waals surface area contributed by atoms with Crippen LogP contribution in [0.1, 0.15) is 20.3 Å². The molecule has 0 saturated heterocycles. The number of imidazole rings is 1. The fraction of sp³-hybridized carbons (Fsp3) is 0.304. The zero-order valence-corrected chi connectivity index (χ0v) is 18.1. The number of aromatic nitrogens is 5. The molecule has 3 aromatic heterocycles. The number of benzene rings is 1. The maximum Gasteiger partial charge on any atom is 0.332 e. The predicted molar refractivity (Wildman–Crippen MR) is 119 cm³/mol. The van der Waals surface area contributed by atoms with Crippen molar-refractivity contribution in [3.63, 3.8) is 0 Å². The Morgan fingerprint density at radius 2 is 1.58 bits per heavy atom. The molecule has 0 radical (unpaired) electrons. The van der Waals surface area contributed by atoms with Crippen LogP contribution in [0.5, 0.6) is 11.8 Å². The molecule has 0 fully saturated rings. The number of aryl methyl sites for hydroxylation is 2. The van der Waals surface area contributed by atoms with Crippen molar-refractivity contribution in [1.82, 2.24) is 23.7 Å². The highest BCUT2D eigenvalue weighted by Crippen LogP contribution is 2.27. The molecule has 4 aromatic rings. The minimum absolute atomic E-state index is 0.297. The number of fused-ring (bicyclic) bond motifs is 1. The Balaban J connectivity index is 1.77. The van der Waals surface area contributed by atoms with Crippen LogP contribution >= 0.6 is 0 Å². The van der Waals surface area contributed by atoms with Crippen molar-refractivity contribution in [2.75, 3.05) is 0 Å². The lowest BCUT2D eigenvalue weighted by atomic mass is 10.1. The Morgan fingerprint density at radius 3 is 2.23 bits per heavy atom. The van der Waals surface area contributed by atoms with Gasteiger partial charge in [-0.2, -0.15) is 4.98 Å². The summed E-state index contributed by atoms with van der Waals surface area (Å²) in [5.74, 6) is 1.03. The van der Waals surface area contributed by atoms with Crippen molar-refractivity contribution in [3.05, 3.63) is 69.6 Å². The summed E-state index contributed by atoms with van der Waals surface area (Å²) in [6.07, 6.45) is 4.35. The normalized spacial score (nSPS) is 11.4. The molecule has 3 heterocycles. The van der Waals surface area contributed by atoms with E-state index in [9.17, 15) is 9.59 Å². The van der Waals surface area contributed by atoms with Crippen LogP contribution in [0, 0.1) is 5.92 Å². The van der Waals surface area contributed by atoms with Gasteiger partial charge in [-0.25, -0.2) is 4.79 Å². The first-order valence-electron chi connectivity index (χ1n) is 10.2. The van der Waals surface area contributed by atoms with Crippen LogP contribution in [0.3, 0.4) is 0 Å². The van der Waals surface area contributed by atoms with Gasteiger partial charge in [0.25, 0.3) is 5.56 Å². The van der Waals surface area contributed by atoms with E-state index in [1.807, 2.05) is 36.4 Å². The van der Waals surface area contributed by atoms with Gasteiger partial charge in [0.1, 0.15) is 5.75 Å². The van der Waals surface area contributed by atoms with Crippen molar-refractivity contribution < 1.29 is 4.74 Å². The summed E-state index contributed by atoms with van der Waals surface area (Å²) in [7, 11) is 3.08. The van der Waals surface area contributed by atoms with Crippen molar-refractivity contribution in [2.45, 2.75) is 26.8 Å². The SMILES string of the molecule is CC(C)CCn1c(Oc2ccc(-c3ccncc3)cc2)nc2c1c(=O)n(C)c(=O)n2C. The molecule has 0 saturated carbocycles. The minimum Gasteiger partial charge on any atom is -0.425 e. The molecule has 8 heteroatoms. The van der Waals surface area contributed by atoms with Crippen LogP contribution in [0.2, 0.25) is 0 Å². The van der Waals surface area contributed by atoms with Crippen molar-refractivity contribution >= 4 is 11.2 Å². The van der Waals surface area contributed by atoms with Crippen LogP contribution in [0.4, 0.5) is 0 Å². The first-order chi connectivity index (χ1) is 14.9. The zero-order chi connectivity index (χ0) is 22.1. The monoisotopic (exact) mass is 419 g/mol. The Hall–Kier alpha value is -3.68. The van der Waals surface area contributed by atoms with Gasteiger partial charge in [0.05, 0.1) is 0 Å². The van der Waals surface area contributed by atoms with E-state index in [2.05, 4.69) is 23.8 Å². The molecule has 0 N–H and O–H groups in total. The fourth-order valence-corrected chi connectivity index (χ4v) is 3.46. The smallest absolute Gasteiger partial charge is 0.332 e. The van der Waals surface area contributed by atoms with Gasteiger partial charge in [0, 0.05) is 33.0 Å². The number of rotatable bonds is 6. The lowest BCUT2D eigenvalue weighted by Gasteiger charge is -2.11. The molecule has 160 valence electrons. The van der Waals surface area contributed by atoms with E-state index in [4.69, 9.17) is 4.74 Å². The second-order valence-electron chi connectivity index (χ2n) is 7.97. The third-order valence-electron chi connectivity index (χ3n) is 5.32. The van der Waals surface area contributed by atoms with Gasteiger partial charge in [0.15, 0.2) is 11.2 Å². The Morgan fingerprint density at radius 1 is 0.935 bits per heavy atom. The average Bonchev–Trinajstić information content (AvgIpc) is 3.14. The van der Waals surface area contributed by atoms with Gasteiger partial charge in [0.2, 0.25) is 0 Å². The van der Waals surface area contributed by atoms with Crippen LogP contribution < -0.4 is 16.0 Å². The molecule has 0 spiro atoms. The van der Waals surface area contributed by atoms with Crippen molar-refractivity contribution in [1.29, 1.82) is 0 Å². The lowest BCUT2D eigenvalue weighted by Crippen LogP contribution is -2.37. The van der Waals surface area contributed by atoms with E-state index in [0.717, 1.165) is 22.1 Å². The molecule has 1 aromatic carbocycles. The van der Waals surface area contributed by atoms with Gasteiger partial charge in [-0.1, -0.05) is 26.0 Å². The number of hydrogen-bond acceptors (Lipinski definition) is 5. The number of hydrogen-bond donors (Lipinski definition) is 0. The van der Waals surface area contributed by atoms with Crippen LogP contribution in [0.15, 0.2) is 58.4 Å². The summed E-state index contributed by atoms with van der Waals surface area (Å²) < 4.78 is 10.3. The van der Waals surface area contributed by atoms with Gasteiger partial charge in [-0.15, -0.1) is 0 Å². The second kappa shape index (κ2) is 8.22. The number of pyridine rings is 1. The molecule has 0 amide bonds. The predicted octanol–water partition coefficient (Wildman–Crippen LogP) is 3.33. The van der Waals surface area contributed by atoms with Crippen LogP contribution in [-0.2, 0) is 20.6 Å². The third-order valence-corrected chi connectivity index (χ3v) is 5.32. The van der Waals surface area contributed by atoms with Gasteiger partial charge >= 0.3 is 11.7 Å². The number of nitrogens with zero attached hydrogens (tertiary/aromatic N) is 5.